The van der Waals surface area contributed by atoms with Crippen molar-refractivity contribution in [2.45, 2.75) is 24.4 Å². The van der Waals surface area contributed by atoms with Gasteiger partial charge in [-0.3, -0.25) is 14.4 Å². The first-order valence-electron chi connectivity index (χ1n) is 7.70. The van der Waals surface area contributed by atoms with Gasteiger partial charge in [-0.25, -0.2) is 0 Å². The van der Waals surface area contributed by atoms with Crippen LogP contribution in [-0.2, 0) is 16.1 Å². The molecule has 0 aliphatic carbocycles. The molecule has 2 heterocycles. The Bertz CT molecular complexity index is 804. The van der Waals surface area contributed by atoms with Crippen molar-refractivity contribution in [2.24, 2.45) is 0 Å². The van der Waals surface area contributed by atoms with E-state index in [-0.39, 0.29) is 24.3 Å². The highest BCUT2D eigenvalue weighted by molar-refractivity contribution is 8.00. The first kappa shape index (κ1) is 17.1. The van der Waals surface area contributed by atoms with Gasteiger partial charge in [-0.1, -0.05) is 0 Å². The van der Waals surface area contributed by atoms with Gasteiger partial charge >= 0.3 is 0 Å². The Hall–Kier alpha value is -2.74. The first-order valence-corrected chi connectivity index (χ1v) is 8.69. The lowest BCUT2D eigenvalue weighted by Crippen LogP contribution is -2.44. The SMILES string of the molecule is CC(NC(=O)c1ccc2c(c1)NC(=O)CS2)C(=O)NCc1ccco1. The van der Waals surface area contributed by atoms with Crippen LogP contribution in [0.15, 0.2) is 45.9 Å². The van der Waals surface area contributed by atoms with Crippen LogP contribution in [0.2, 0.25) is 0 Å². The third-order valence-corrected chi connectivity index (χ3v) is 4.71. The normalized spacial score (nSPS) is 14.2. The van der Waals surface area contributed by atoms with Crippen molar-refractivity contribution in [1.82, 2.24) is 10.6 Å². The Balaban J connectivity index is 1.58. The summed E-state index contributed by atoms with van der Waals surface area (Å²) in [4.78, 5) is 36.8. The number of rotatable bonds is 5. The number of furan rings is 1. The fourth-order valence-electron chi connectivity index (χ4n) is 2.31. The van der Waals surface area contributed by atoms with Crippen molar-refractivity contribution in [1.29, 1.82) is 0 Å². The van der Waals surface area contributed by atoms with E-state index < -0.39 is 6.04 Å². The molecule has 2 aromatic rings. The van der Waals surface area contributed by atoms with Crippen molar-refractivity contribution in [3.63, 3.8) is 0 Å². The molecule has 3 N–H and O–H groups in total. The molecule has 130 valence electrons. The average molecular weight is 359 g/mol. The molecule has 0 bridgehead atoms. The van der Waals surface area contributed by atoms with E-state index in [2.05, 4.69) is 16.0 Å². The summed E-state index contributed by atoms with van der Waals surface area (Å²) in [5.74, 6) is 0.209. The summed E-state index contributed by atoms with van der Waals surface area (Å²) in [6.07, 6.45) is 1.53. The number of carbonyl (C=O) groups is 3. The second-order valence-corrected chi connectivity index (χ2v) is 6.56. The molecule has 8 heteroatoms. The fraction of sp³-hybridized carbons (Fsp3) is 0.235. The number of hydrogen-bond donors (Lipinski definition) is 3. The molecular formula is C17H17N3O4S. The van der Waals surface area contributed by atoms with Crippen molar-refractivity contribution >= 4 is 35.2 Å². The van der Waals surface area contributed by atoms with Crippen LogP contribution in [-0.4, -0.2) is 29.5 Å². The molecule has 1 aromatic carbocycles. The van der Waals surface area contributed by atoms with Crippen molar-refractivity contribution < 1.29 is 18.8 Å². The van der Waals surface area contributed by atoms with E-state index in [0.717, 1.165) is 4.90 Å². The molecule has 0 saturated carbocycles. The smallest absolute Gasteiger partial charge is 0.251 e. The summed E-state index contributed by atoms with van der Waals surface area (Å²) in [6.45, 7) is 1.86. The van der Waals surface area contributed by atoms with Crippen LogP contribution in [0.3, 0.4) is 0 Å². The molecule has 25 heavy (non-hydrogen) atoms. The van der Waals surface area contributed by atoms with Gasteiger partial charge in [0.2, 0.25) is 11.8 Å². The topological polar surface area (TPSA) is 100 Å². The van der Waals surface area contributed by atoms with Gasteiger partial charge in [-0.2, -0.15) is 0 Å². The quantitative estimate of drug-likeness (QED) is 0.755. The van der Waals surface area contributed by atoms with E-state index in [0.29, 0.717) is 22.8 Å². The third-order valence-electron chi connectivity index (χ3n) is 3.63. The molecular weight excluding hydrogens is 342 g/mol. The molecule has 7 nitrogen and oxygen atoms in total. The van der Waals surface area contributed by atoms with Crippen LogP contribution in [0.25, 0.3) is 0 Å². The molecule has 0 fully saturated rings. The van der Waals surface area contributed by atoms with Crippen LogP contribution in [0.1, 0.15) is 23.0 Å². The maximum Gasteiger partial charge on any atom is 0.251 e. The van der Waals surface area contributed by atoms with Crippen LogP contribution in [0.4, 0.5) is 5.69 Å². The lowest BCUT2D eigenvalue weighted by Gasteiger charge is -2.18. The summed E-state index contributed by atoms with van der Waals surface area (Å²) in [5, 5.41) is 8.07. The van der Waals surface area contributed by atoms with Gasteiger partial charge in [0.25, 0.3) is 5.91 Å². The average Bonchev–Trinajstić information content (AvgIpc) is 3.12. The van der Waals surface area contributed by atoms with E-state index in [1.54, 1.807) is 37.3 Å². The minimum absolute atomic E-state index is 0.0965. The first-order chi connectivity index (χ1) is 12.0. The summed E-state index contributed by atoms with van der Waals surface area (Å²) in [7, 11) is 0. The molecule has 0 saturated heterocycles. The van der Waals surface area contributed by atoms with E-state index >= 15 is 0 Å². The van der Waals surface area contributed by atoms with E-state index in [1.807, 2.05) is 0 Å². The molecule has 1 atom stereocenters. The molecule has 0 spiro atoms. The number of thioether (sulfide) groups is 1. The summed E-state index contributed by atoms with van der Waals surface area (Å²) < 4.78 is 5.14. The van der Waals surface area contributed by atoms with Gasteiger partial charge in [-0.05, 0) is 37.3 Å². The molecule has 0 radical (unpaired) electrons. The lowest BCUT2D eigenvalue weighted by molar-refractivity contribution is -0.122. The Morgan fingerprint density at radius 3 is 2.96 bits per heavy atom. The molecule has 1 aromatic heterocycles. The second-order valence-electron chi connectivity index (χ2n) is 5.54. The Labute approximate surface area is 148 Å². The van der Waals surface area contributed by atoms with Crippen molar-refractivity contribution in [3.8, 4) is 0 Å². The molecule has 1 unspecified atom stereocenters. The monoisotopic (exact) mass is 359 g/mol. The van der Waals surface area contributed by atoms with Gasteiger partial charge in [0, 0.05) is 10.5 Å². The predicted octanol–water partition coefficient (Wildman–Crippen LogP) is 1.76. The number of hydrogen-bond acceptors (Lipinski definition) is 5. The van der Waals surface area contributed by atoms with Crippen LogP contribution >= 0.6 is 11.8 Å². The number of amides is 3. The minimum Gasteiger partial charge on any atom is -0.467 e. The van der Waals surface area contributed by atoms with E-state index in [9.17, 15) is 14.4 Å². The van der Waals surface area contributed by atoms with Gasteiger partial charge in [0.15, 0.2) is 0 Å². The van der Waals surface area contributed by atoms with E-state index in [4.69, 9.17) is 4.42 Å². The van der Waals surface area contributed by atoms with E-state index in [1.165, 1.54) is 18.0 Å². The maximum atomic E-state index is 12.3. The highest BCUT2D eigenvalue weighted by atomic mass is 32.2. The van der Waals surface area contributed by atoms with Gasteiger partial charge < -0.3 is 20.4 Å². The third kappa shape index (κ3) is 4.21. The number of benzene rings is 1. The Morgan fingerprint density at radius 2 is 2.20 bits per heavy atom. The summed E-state index contributed by atoms with van der Waals surface area (Å²) in [5.41, 5.74) is 0.996. The Morgan fingerprint density at radius 1 is 1.36 bits per heavy atom. The minimum atomic E-state index is -0.706. The highest BCUT2D eigenvalue weighted by Gasteiger charge is 2.20. The number of fused-ring (bicyclic) bond motifs is 1. The highest BCUT2D eigenvalue weighted by Crippen LogP contribution is 2.31. The van der Waals surface area contributed by atoms with Crippen LogP contribution in [0, 0.1) is 0 Å². The zero-order valence-corrected chi connectivity index (χ0v) is 14.3. The zero-order valence-electron chi connectivity index (χ0n) is 13.5. The van der Waals surface area contributed by atoms with Crippen LogP contribution < -0.4 is 16.0 Å². The molecule has 3 amide bonds. The lowest BCUT2D eigenvalue weighted by atomic mass is 10.1. The van der Waals surface area contributed by atoms with Crippen molar-refractivity contribution in [2.75, 3.05) is 11.1 Å². The van der Waals surface area contributed by atoms with Gasteiger partial charge in [0.1, 0.15) is 11.8 Å². The van der Waals surface area contributed by atoms with Crippen molar-refractivity contribution in [3.05, 3.63) is 47.9 Å². The molecule has 1 aliphatic heterocycles. The standard InChI is InChI=1S/C17H17N3O4S/c1-10(16(22)18-8-12-3-2-6-24-12)19-17(23)11-4-5-14-13(7-11)20-15(21)9-25-14/h2-7,10H,8-9H2,1H3,(H,18,22)(H,19,23)(H,20,21). The number of nitrogens with one attached hydrogen (secondary N) is 3. The summed E-state index contributed by atoms with van der Waals surface area (Å²) >= 11 is 1.42. The number of carbonyl (C=O) groups excluding carboxylic acids is 3. The predicted molar refractivity (Wildman–Crippen MR) is 93.3 cm³/mol. The van der Waals surface area contributed by atoms with Gasteiger partial charge in [0.05, 0.1) is 24.2 Å². The number of anilines is 1. The maximum absolute atomic E-state index is 12.3. The molecule has 1 aliphatic rings. The zero-order chi connectivity index (χ0) is 17.8. The van der Waals surface area contributed by atoms with Crippen LogP contribution in [0.5, 0.6) is 0 Å². The fourth-order valence-corrected chi connectivity index (χ4v) is 3.10. The largest absolute Gasteiger partial charge is 0.467 e. The van der Waals surface area contributed by atoms with Gasteiger partial charge in [-0.15, -0.1) is 11.8 Å². The Kier molecular flexibility index (Phi) is 5.08. The second kappa shape index (κ2) is 7.43. The summed E-state index contributed by atoms with van der Waals surface area (Å²) in [6, 6.07) is 7.86. The molecule has 3 rings (SSSR count).